The van der Waals surface area contributed by atoms with Gasteiger partial charge in [-0.05, 0) is 30.5 Å². The van der Waals surface area contributed by atoms with Crippen molar-refractivity contribution in [3.63, 3.8) is 0 Å². The molecule has 1 aromatic carbocycles. The third-order valence-corrected chi connectivity index (χ3v) is 4.05. The van der Waals surface area contributed by atoms with Crippen LogP contribution in [0.4, 0.5) is 0 Å². The molecular weight excluding hydrogens is 268 g/mol. The zero-order chi connectivity index (χ0) is 15.3. The summed E-state index contributed by atoms with van der Waals surface area (Å²) in [5.41, 5.74) is 0.850. The van der Waals surface area contributed by atoms with Gasteiger partial charge in [-0.25, -0.2) is 0 Å². The van der Waals surface area contributed by atoms with Gasteiger partial charge in [0.15, 0.2) is 0 Å². The quantitative estimate of drug-likeness (QED) is 0.811. The molecule has 2 rings (SSSR count). The van der Waals surface area contributed by atoms with Gasteiger partial charge in [0.2, 0.25) is 0 Å². The van der Waals surface area contributed by atoms with Crippen LogP contribution >= 0.6 is 0 Å². The Labute approximate surface area is 124 Å². The van der Waals surface area contributed by atoms with E-state index in [1.807, 2.05) is 24.3 Å². The van der Waals surface area contributed by atoms with Crippen molar-refractivity contribution in [3.05, 3.63) is 29.8 Å². The average Bonchev–Trinajstić information content (AvgIpc) is 2.49. The average molecular weight is 288 g/mol. The van der Waals surface area contributed by atoms with Crippen molar-refractivity contribution < 1.29 is 14.3 Å². The van der Waals surface area contributed by atoms with Gasteiger partial charge in [0.25, 0.3) is 0 Å². The molecule has 1 aliphatic carbocycles. The van der Waals surface area contributed by atoms with Crippen molar-refractivity contribution >= 4 is 5.97 Å². The molecule has 5 nitrogen and oxygen atoms in total. The van der Waals surface area contributed by atoms with E-state index in [0.717, 1.165) is 11.3 Å². The first kappa shape index (κ1) is 15.3. The molecule has 0 aliphatic heterocycles. The van der Waals surface area contributed by atoms with Gasteiger partial charge in [0, 0.05) is 12.1 Å². The fourth-order valence-corrected chi connectivity index (χ4v) is 2.75. The Bertz CT molecular complexity index is 527. The van der Waals surface area contributed by atoms with Crippen LogP contribution in [0.5, 0.6) is 5.75 Å². The SMILES string of the molecule is COC(=O)C1CC(CC#N)(NCc2ccc(OC)cc2)C1. The molecule has 0 atom stereocenters. The molecule has 5 heteroatoms. The number of methoxy groups -OCH3 is 2. The Morgan fingerprint density at radius 1 is 1.38 bits per heavy atom. The van der Waals surface area contributed by atoms with Crippen LogP contribution in [-0.2, 0) is 16.1 Å². The van der Waals surface area contributed by atoms with Crippen LogP contribution < -0.4 is 10.1 Å². The Hall–Kier alpha value is -2.06. The van der Waals surface area contributed by atoms with Crippen LogP contribution in [0, 0.1) is 17.2 Å². The summed E-state index contributed by atoms with van der Waals surface area (Å²) in [7, 11) is 3.04. The molecule has 1 saturated carbocycles. The van der Waals surface area contributed by atoms with E-state index in [9.17, 15) is 4.79 Å². The van der Waals surface area contributed by atoms with Crippen molar-refractivity contribution in [1.29, 1.82) is 5.26 Å². The minimum atomic E-state index is -0.270. The standard InChI is InChI=1S/C16H20N2O3/c1-20-14-5-3-12(4-6-14)11-18-16(7-8-17)9-13(10-16)15(19)21-2/h3-6,13,18H,7,9-11H2,1-2H3. The Balaban J connectivity index is 1.92. The zero-order valence-corrected chi connectivity index (χ0v) is 12.4. The minimum Gasteiger partial charge on any atom is -0.497 e. The van der Waals surface area contributed by atoms with Crippen molar-refractivity contribution in [2.24, 2.45) is 5.92 Å². The molecule has 0 unspecified atom stereocenters. The van der Waals surface area contributed by atoms with Crippen LogP contribution in [0.2, 0.25) is 0 Å². The molecule has 0 amide bonds. The predicted molar refractivity (Wildman–Crippen MR) is 77.5 cm³/mol. The third-order valence-electron chi connectivity index (χ3n) is 4.05. The lowest BCUT2D eigenvalue weighted by molar-refractivity contribution is -0.151. The number of rotatable bonds is 6. The molecule has 0 bridgehead atoms. The monoisotopic (exact) mass is 288 g/mol. The van der Waals surface area contributed by atoms with Gasteiger partial charge in [-0.2, -0.15) is 5.26 Å². The molecule has 112 valence electrons. The summed E-state index contributed by atoms with van der Waals surface area (Å²) in [5, 5.41) is 12.4. The normalized spacial score (nSPS) is 23.8. The Morgan fingerprint density at radius 3 is 2.57 bits per heavy atom. The highest BCUT2D eigenvalue weighted by Gasteiger charge is 2.47. The maximum atomic E-state index is 11.5. The largest absolute Gasteiger partial charge is 0.497 e. The van der Waals surface area contributed by atoms with Gasteiger partial charge in [-0.15, -0.1) is 0 Å². The second-order valence-electron chi connectivity index (χ2n) is 5.45. The molecule has 0 spiro atoms. The molecule has 0 radical (unpaired) electrons. The van der Waals surface area contributed by atoms with Gasteiger partial charge < -0.3 is 14.8 Å². The summed E-state index contributed by atoms with van der Waals surface area (Å²) < 4.78 is 9.87. The highest BCUT2D eigenvalue weighted by molar-refractivity contribution is 5.74. The Kier molecular flexibility index (Phi) is 4.81. The maximum Gasteiger partial charge on any atom is 0.308 e. The van der Waals surface area contributed by atoms with Gasteiger partial charge in [-0.1, -0.05) is 12.1 Å². The molecule has 1 N–H and O–H groups in total. The molecular formula is C16H20N2O3. The highest BCUT2D eigenvalue weighted by Crippen LogP contribution is 2.41. The third kappa shape index (κ3) is 3.53. The van der Waals surface area contributed by atoms with E-state index in [1.54, 1.807) is 7.11 Å². The first-order chi connectivity index (χ1) is 10.1. The second kappa shape index (κ2) is 6.59. The lowest BCUT2D eigenvalue weighted by Crippen LogP contribution is -2.56. The Morgan fingerprint density at radius 2 is 2.05 bits per heavy atom. The van der Waals surface area contributed by atoms with E-state index in [1.165, 1.54) is 7.11 Å². The lowest BCUT2D eigenvalue weighted by Gasteiger charge is -2.45. The summed E-state index contributed by atoms with van der Waals surface area (Å²) in [5.74, 6) is 0.543. The second-order valence-corrected chi connectivity index (χ2v) is 5.45. The number of hydrogen-bond acceptors (Lipinski definition) is 5. The lowest BCUT2D eigenvalue weighted by atomic mass is 9.66. The summed E-state index contributed by atoms with van der Waals surface area (Å²) in [4.78, 5) is 11.5. The van der Waals surface area contributed by atoms with Gasteiger partial charge in [0.1, 0.15) is 5.75 Å². The van der Waals surface area contributed by atoms with Gasteiger partial charge >= 0.3 is 5.97 Å². The molecule has 1 aromatic rings. The number of esters is 1. The summed E-state index contributed by atoms with van der Waals surface area (Å²) in [6, 6.07) is 10.0. The smallest absolute Gasteiger partial charge is 0.308 e. The predicted octanol–water partition coefficient (Wildman–Crippen LogP) is 2.02. The molecule has 0 aromatic heterocycles. The van der Waals surface area contributed by atoms with E-state index >= 15 is 0 Å². The maximum absolute atomic E-state index is 11.5. The number of nitrogens with zero attached hydrogens (tertiary/aromatic N) is 1. The molecule has 1 fully saturated rings. The zero-order valence-electron chi connectivity index (χ0n) is 12.4. The van der Waals surface area contributed by atoms with Crippen LogP contribution in [0.15, 0.2) is 24.3 Å². The van der Waals surface area contributed by atoms with Crippen molar-refractivity contribution in [2.75, 3.05) is 14.2 Å². The number of nitriles is 1. The molecule has 21 heavy (non-hydrogen) atoms. The van der Waals surface area contributed by atoms with Crippen LogP contribution in [0.1, 0.15) is 24.8 Å². The van der Waals surface area contributed by atoms with E-state index in [0.29, 0.717) is 25.8 Å². The fourth-order valence-electron chi connectivity index (χ4n) is 2.75. The number of nitrogens with one attached hydrogen (secondary N) is 1. The van der Waals surface area contributed by atoms with Crippen LogP contribution in [0.25, 0.3) is 0 Å². The highest BCUT2D eigenvalue weighted by atomic mass is 16.5. The summed E-state index contributed by atoms with van der Waals surface area (Å²) in [6.07, 6.45) is 1.71. The van der Waals surface area contributed by atoms with E-state index in [4.69, 9.17) is 14.7 Å². The summed E-state index contributed by atoms with van der Waals surface area (Å²) in [6.45, 7) is 0.666. The van der Waals surface area contributed by atoms with E-state index < -0.39 is 0 Å². The van der Waals surface area contributed by atoms with Gasteiger partial charge in [-0.3, -0.25) is 4.79 Å². The molecule has 0 saturated heterocycles. The van der Waals surface area contributed by atoms with E-state index in [-0.39, 0.29) is 17.4 Å². The topological polar surface area (TPSA) is 71.4 Å². The fraction of sp³-hybridized carbons (Fsp3) is 0.500. The van der Waals surface area contributed by atoms with Crippen LogP contribution in [0.3, 0.4) is 0 Å². The summed E-state index contributed by atoms with van der Waals surface area (Å²) >= 11 is 0. The van der Waals surface area contributed by atoms with Crippen LogP contribution in [-0.4, -0.2) is 25.7 Å². The first-order valence-corrected chi connectivity index (χ1v) is 6.95. The van der Waals surface area contributed by atoms with Crippen molar-refractivity contribution in [1.82, 2.24) is 5.32 Å². The van der Waals surface area contributed by atoms with Gasteiger partial charge in [0.05, 0.1) is 32.6 Å². The van der Waals surface area contributed by atoms with Crippen molar-refractivity contribution in [2.45, 2.75) is 31.3 Å². The number of ether oxygens (including phenoxy) is 2. The molecule has 0 heterocycles. The first-order valence-electron chi connectivity index (χ1n) is 6.95. The number of carbonyl (C=O) groups is 1. The van der Waals surface area contributed by atoms with Crippen molar-refractivity contribution in [3.8, 4) is 11.8 Å². The van der Waals surface area contributed by atoms with E-state index in [2.05, 4.69) is 11.4 Å². The molecule has 1 aliphatic rings. The minimum absolute atomic E-state index is 0.0910. The number of hydrogen-bond donors (Lipinski definition) is 1. The number of benzene rings is 1. The number of carbonyl (C=O) groups excluding carboxylic acids is 1.